The molecule has 2 heterocycles. The Bertz CT molecular complexity index is 708. The van der Waals surface area contributed by atoms with Gasteiger partial charge in [-0.25, -0.2) is 4.79 Å². The highest BCUT2D eigenvalue weighted by atomic mass is 16.2. The third-order valence-corrected chi connectivity index (χ3v) is 4.66. The van der Waals surface area contributed by atoms with Crippen LogP contribution in [0.2, 0.25) is 0 Å². The summed E-state index contributed by atoms with van der Waals surface area (Å²) in [6.07, 6.45) is 0.908. The Morgan fingerprint density at radius 2 is 2.00 bits per heavy atom. The minimum atomic E-state index is -0.358. The summed E-state index contributed by atoms with van der Waals surface area (Å²) >= 11 is 0. The van der Waals surface area contributed by atoms with Crippen LogP contribution in [0, 0.1) is 13.8 Å². The van der Waals surface area contributed by atoms with Crippen LogP contribution in [0.15, 0.2) is 29.5 Å². The maximum absolute atomic E-state index is 12.8. The van der Waals surface area contributed by atoms with Crippen LogP contribution in [0.25, 0.3) is 0 Å². The number of amides is 3. The van der Waals surface area contributed by atoms with Crippen LogP contribution in [-0.4, -0.2) is 41.9 Å². The molecule has 0 fully saturated rings. The Kier molecular flexibility index (Phi) is 3.88. The lowest BCUT2D eigenvalue weighted by atomic mass is 9.91. The number of aryl methyl sites for hydroxylation is 2. The van der Waals surface area contributed by atoms with Gasteiger partial charge in [0.15, 0.2) is 0 Å². The summed E-state index contributed by atoms with van der Waals surface area (Å²) in [7, 11) is 1.73. The lowest BCUT2D eigenvalue weighted by Gasteiger charge is -2.31. The van der Waals surface area contributed by atoms with E-state index in [0.29, 0.717) is 18.7 Å². The summed E-state index contributed by atoms with van der Waals surface area (Å²) in [5.74, 6) is 0.0404. The van der Waals surface area contributed by atoms with Crippen molar-refractivity contribution < 1.29 is 9.59 Å². The molecule has 0 aromatic heterocycles. The van der Waals surface area contributed by atoms with Gasteiger partial charge < -0.3 is 10.2 Å². The fourth-order valence-corrected chi connectivity index (χ4v) is 3.46. The van der Waals surface area contributed by atoms with Crippen LogP contribution in [0.1, 0.15) is 36.1 Å². The molecule has 1 N–H and O–H groups in total. The first-order chi connectivity index (χ1) is 10.9. The number of nitrogens with one attached hydrogen (secondary N) is 1. The van der Waals surface area contributed by atoms with Crippen molar-refractivity contribution in [3.05, 3.63) is 46.2 Å². The molecule has 0 aliphatic carbocycles. The van der Waals surface area contributed by atoms with Crippen molar-refractivity contribution in [2.24, 2.45) is 0 Å². The van der Waals surface area contributed by atoms with Gasteiger partial charge in [-0.1, -0.05) is 30.7 Å². The monoisotopic (exact) mass is 313 g/mol. The van der Waals surface area contributed by atoms with Gasteiger partial charge in [0.2, 0.25) is 0 Å². The number of urea groups is 1. The number of nitrogens with zero attached hydrogens (tertiary/aromatic N) is 2. The lowest BCUT2D eigenvalue weighted by molar-refractivity contribution is -0.125. The van der Waals surface area contributed by atoms with E-state index in [2.05, 4.69) is 18.3 Å². The molecule has 0 saturated carbocycles. The quantitative estimate of drug-likeness (QED) is 0.932. The van der Waals surface area contributed by atoms with Crippen molar-refractivity contribution in [1.82, 2.24) is 15.1 Å². The van der Waals surface area contributed by atoms with Gasteiger partial charge in [-0.05, 0) is 31.4 Å². The van der Waals surface area contributed by atoms with E-state index in [1.165, 1.54) is 5.56 Å². The summed E-state index contributed by atoms with van der Waals surface area (Å²) in [6.45, 7) is 7.36. The highest BCUT2D eigenvalue weighted by Crippen LogP contribution is 2.36. The van der Waals surface area contributed by atoms with Crippen LogP contribution < -0.4 is 5.32 Å². The number of rotatable bonds is 3. The maximum atomic E-state index is 12.8. The fourth-order valence-electron chi connectivity index (χ4n) is 3.46. The molecule has 2 aliphatic rings. The van der Waals surface area contributed by atoms with Gasteiger partial charge in [0, 0.05) is 13.6 Å². The molecule has 5 heteroatoms. The zero-order valence-corrected chi connectivity index (χ0v) is 14.1. The van der Waals surface area contributed by atoms with E-state index in [1.807, 2.05) is 30.9 Å². The van der Waals surface area contributed by atoms with Crippen molar-refractivity contribution in [3.8, 4) is 0 Å². The zero-order valence-electron chi connectivity index (χ0n) is 14.1. The Morgan fingerprint density at radius 3 is 2.65 bits per heavy atom. The first-order valence-electron chi connectivity index (χ1n) is 8.07. The second-order valence-corrected chi connectivity index (χ2v) is 6.39. The third-order valence-electron chi connectivity index (χ3n) is 4.66. The average molecular weight is 313 g/mol. The van der Waals surface area contributed by atoms with Gasteiger partial charge in [-0.2, -0.15) is 0 Å². The normalized spacial score (nSPS) is 21.0. The molecule has 0 unspecified atom stereocenters. The van der Waals surface area contributed by atoms with Crippen molar-refractivity contribution in [3.63, 3.8) is 0 Å². The van der Waals surface area contributed by atoms with Crippen molar-refractivity contribution in [2.45, 2.75) is 33.2 Å². The molecule has 1 aromatic rings. The van der Waals surface area contributed by atoms with Gasteiger partial charge in [-0.15, -0.1) is 0 Å². The van der Waals surface area contributed by atoms with Crippen LogP contribution in [0.4, 0.5) is 4.79 Å². The van der Waals surface area contributed by atoms with Crippen molar-refractivity contribution in [1.29, 1.82) is 0 Å². The van der Waals surface area contributed by atoms with E-state index in [0.717, 1.165) is 23.2 Å². The second-order valence-electron chi connectivity index (χ2n) is 6.39. The van der Waals surface area contributed by atoms with E-state index < -0.39 is 0 Å². The SMILES string of the molecule is CCCN1CC2=C(C1=O)[C@@H](c1ccc(C)cc1C)NC(=O)N2C. The average Bonchev–Trinajstić information content (AvgIpc) is 2.82. The molecule has 2 aliphatic heterocycles. The molecule has 3 amide bonds. The molecule has 1 aromatic carbocycles. The Labute approximate surface area is 137 Å². The molecule has 5 nitrogen and oxygen atoms in total. The summed E-state index contributed by atoms with van der Waals surface area (Å²) in [5, 5.41) is 2.99. The highest BCUT2D eigenvalue weighted by molar-refractivity contribution is 6.01. The van der Waals surface area contributed by atoms with Crippen LogP contribution in [0.5, 0.6) is 0 Å². The van der Waals surface area contributed by atoms with Gasteiger partial charge in [0.1, 0.15) is 0 Å². The molecule has 0 spiro atoms. The molecule has 0 radical (unpaired) electrons. The minimum absolute atomic E-state index is 0.0404. The number of carbonyl (C=O) groups excluding carboxylic acids is 2. The smallest absolute Gasteiger partial charge is 0.322 e. The molecule has 23 heavy (non-hydrogen) atoms. The molecule has 0 saturated heterocycles. The molecular formula is C18H23N3O2. The van der Waals surface area contributed by atoms with Crippen LogP contribution in [0.3, 0.4) is 0 Å². The highest BCUT2D eigenvalue weighted by Gasteiger charge is 2.42. The molecule has 3 rings (SSSR count). The number of benzene rings is 1. The molecule has 0 bridgehead atoms. The van der Waals surface area contributed by atoms with E-state index in [9.17, 15) is 9.59 Å². The van der Waals surface area contributed by atoms with Gasteiger partial charge in [0.05, 0.1) is 23.9 Å². The predicted molar refractivity (Wildman–Crippen MR) is 88.8 cm³/mol. The van der Waals surface area contributed by atoms with E-state index >= 15 is 0 Å². The number of hydrogen-bond donors (Lipinski definition) is 1. The minimum Gasteiger partial charge on any atom is -0.333 e. The second kappa shape index (κ2) is 5.72. The Balaban J connectivity index is 2.06. The molecule has 1 atom stereocenters. The molecular weight excluding hydrogens is 290 g/mol. The first-order valence-corrected chi connectivity index (χ1v) is 8.07. The standard InChI is InChI=1S/C18H23N3O2/c1-5-8-21-10-14-15(17(21)22)16(19-18(23)20(14)4)13-7-6-11(2)9-12(13)3/h6-7,9,16H,5,8,10H2,1-4H3,(H,19,23)/t16-/m1/s1. The number of likely N-dealkylation sites (N-methyl/N-ethyl adjacent to an activating group) is 1. The van der Waals surface area contributed by atoms with E-state index in [1.54, 1.807) is 11.9 Å². The number of carbonyl (C=O) groups is 2. The van der Waals surface area contributed by atoms with E-state index in [4.69, 9.17) is 0 Å². The van der Waals surface area contributed by atoms with Gasteiger partial charge in [-0.3, -0.25) is 9.69 Å². The predicted octanol–water partition coefficient (Wildman–Crippen LogP) is 2.51. The van der Waals surface area contributed by atoms with Gasteiger partial charge >= 0.3 is 6.03 Å². The number of hydrogen-bond acceptors (Lipinski definition) is 2. The van der Waals surface area contributed by atoms with Crippen molar-refractivity contribution >= 4 is 11.9 Å². The summed E-state index contributed by atoms with van der Waals surface area (Å²) in [5.41, 5.74) is 4.81. The van der Waals surface area contributed by atoms with Crippen LogP contribution >= 0.6 is 0 Å². The van der Waals surface area contributed by atoms with Crippen LogP contribution in [-0.2, 0) is 4.79 Å². The zero-order chi connectivity index (χ0) is 16.7. The third kappa shape index (κ3) is 2.50. The van der Waals surface area contributed by atoms with Gasteiger partial charge in [0.25, 0.3) is 5.91 Å². The lowest BCUT2D eigenvalue weighted by Crippen LogP contribution is -2.45. The largest absolute Gasteiger partial charge is 0.333 e. The topological polar surface area (TPSA) is 52.7 Å². The summed E-state index contributed by atoms with van der Waals surface area (Å²) in [6, 6.07) is 5.62. The molecule has 122 valence electrons. The first kappa shape index (κ1) is 15.6. The van der Waals surface area contributed by atoms with E-state index in [-0.39, 0.29) is 18.0 Å². The summed E-state index contributed by atoms with van der Waals surface area (Å²) in [4.78, 5) is 28.6. The fraction of sp³-hybridized carbons (Fsp3) is 0.444. The Morgan fingerprint density at radius 1 is 1.26 bits per heavy atom. The van der Waals surface area contributed by atoms with Crippen molar-refractivity contribution in [2.75, 3.05) is 20.1 Å². The summed E-state index contributed by atoms with van der Waals surface area (Å²) < 4.78 is 0. The maximum Gasteiger partial charge on any atom is 0.322 e. The Hall–Kier alpha value is -2.30.